The zero-order valence-electron chi connectivity index (χ0n) is 18.1. The van der Waals surface area contributed by atoms with Crippen molar-refractivity contribution in [2.24, 2.45) is 0 Å². The van der Waals surface area contributed by atoms with E-state index < -0.39 is 23.4 Å². The van der Waals surface area contributed by atoms with Crippen molar-refractivity contribution in [1.82, 2.24) is 4.57 Å². The first-order valence-corrected chi connectivity index (χ1v) is 10.2. The lowest BCUT2D eigenvalue weighted by Gasteiger charge is -2.19. The minimum absolute atomic E-state index is 0.0918. The van der Waals surface area contributed by atoms with Crippen LogP contribution in [-0.2, 0) is 9.53 Å². The lowest BCUT2D eigenvalue weighted by molar-refractivity contribution is -0.384. The second-order valence-electron chi connectivity index (χ2n) is 7.62. The topological polar surface area (TPSA) is 136 Å². The molecule has 32 heavy (non-hydrogen) atoms. The van der Waals surface area contributed by atoms with Crippen LogP contribution in [0.15, 0.2) is 18.2 Å². The van der Waals surface area contributed by atoms with Crippen molar-refractivity contribution < 1.29 is 24.0 Å². The Bertz CT molecular complexity index is 1110. The van der Waals surface area contributed by atoms with Gasteiger partial charge < -0.3 is 19.4 Å². The van der Waals surface area contributed by atoms with Gasteiger partial charge in [-0.25, -0.2) is 4.79 Å². The predicted octanol–water partition coefficient (Wildman–Crippen LogP) is 3.80. The van der Waals surface area contributed by atoms with Gasteiger partial charge in [0.25, 0.3) is 11.6 Å². The van der Waals surface area contributed by atoms with Crippen LogP contribution in [0.25, 0.3) is 0 Å². The summed E-state index contributed by atoms with van der Waals surface area (Å²) in [5.41, 5.74) is 1.64. The van der Waals surface area contributed by atoms with E-state index in [0.29, 0.717) is 11.4 Å². The summed E-state index contributed by atoms with van der Waals surface area (Å²) in [6.45, 7) is 3.13. The molecule has 1 amide bonds. The molecule has 0 spiro atoms. The lowest BCUT2D eigenvalue weighted by atomic mass is 10.2. The van der Waals surface area contributed by atoms with Crippen molar-refractivity contribution in [2.75, 3.05) is 19.0 Å². The molecule has 1 saturated carbocycles. The molecule has 1 aromatic carbocycles. The molecule has 1 aromatic heterocycles. The van der Waals surface area contributed by atoms with Gasteiger partial charge in [-0.1, -0.05) is 12.8 Å². The zero-order valence-corrected chi connectivity index (χ0v) is 18.1. The quantitative estimate of drug-likeness (QED) is 0.393. The highest BCUT2D eigenvalue weighted by Gasteiger charge is 2.27. The summed E-state index contributed by atoms with van der Waals surface area (Å²) >= 11 is 0. The smallest absolute Gasteiger partial charge is 0.342 e. The molecule has 1 aliphatic rings. The Labute approximate surface area is 184 Å². The first kappa shape index (κ1) is 22.8. The fourth-order valence-electron chi connectivity index (χ4n) is 4.05. The van der Waals surface area contributed by atoms with Gasteiger partial charge in [0.1, 0.15) is 23.2 Å². The Hall–Kier alpha value is -3.87. The van der Waals surface area contributed by atoms with Crippen LogP contribution in [-0.4, -0.2) is 35.1 Å². The number of carbonyl (C=O) groups is 2. The third kappa shape index (κ3) is 4.42. The van der Waals surface area contributed by atoms with Crippen molar-refractivity contribution in [3.05, 3.63) is 50.7 Å². The average molecular weight is 440 g/mol. The number of nitrogens with one attached hydrogen (secondary N) is 1. The van der Waals surface area contributed by atoms with Crippen LogP contribution < -0.4 is 10.1 Å². The highest BCUT2D eigenvalue weighted by atomic mass is 16.6. The number of anilines is 1. The number of carbonyl (C=O) groups excluding carboxylic acids is 2. The summed E-state index contributed by atoms with van der Waals surface area (Å²) in [5.74, 6) is -1.05. The molecule has 0 unspecified atom stereocenters. The monoisotopic (exact) mass is 440 g/mol. The van der Waals surface area contributed by atoms with Crippen molar-refractivity contribution in [3.63, 3.8) is 0 Å². The maximum atomic E-state index is 12.6. The van der Waals surface area contributed by atoms with Crippen LogP contribution in [0, 0.1) is 35.3 Å². The van der Waals surface area contributed by atoms with Crippen LogP contribution in [0.4, 0.5) is 11.5 Å². The SMILES string of the molecule is COc1ccc([N+](=O)[O-])cc1C(=O)OCC(=O)Nc1c(C#N)c(C)c(C)n1C1CCCC1. The van der Waals surface area contributed by atoms with E-state index in [-0.39, 0.29) is 23.0 Å². The molecular weight excluding hydrogens is 416 g/mol. The highest BCUT2D eigenvalue weighted by Crippen LogP contribution is 2.37. The van der Waals surface area contributed by atoms with Crippen molar-refractivity contribution in [3.8, 4) is 11.8 Å². The van der Waals surface area contributed by atoms with Crippen molar-refractivity contribution in [1.29, 1.82) is 5.26 Å². The number of aromatic nitrogens is 1. The third-order valence-corrected chi connectivity index (χ3v) is 5.76. The first-order chi connectivity index (χ1) is 15.3. The standard InChI is InChI=1S/C22H24N4O6/c1-13-14(2)25(15-6-4-5-7-15)21(18(13)11-23)24-20(27)12-32-22(28)17-10-16(26(29)30)8-9-19(17)31-3/h8-10,15H,4-7,12H2,1-3H3,(H,24,27). The highest BCUT2D eigenvalue weighted by molar-refractivity contribution is 5.97. The Morgan fingerprint density at radius 3 is 2.59 bits per heavy atom. The van der Waals surface area contributed by atoms with Gasteiger partial charge in [-0.05, 0) is 38.3 Å². The minimum Gasteiger partial charge on any atom is -0.496 e. The van der Waals surface area contributed by atoms with Crippen molar-refractivity contribution in [2.45, 2.75) is 45.6 Å². The normalized spacial score (nSPS) is 13.4. The van der Waals surface area contributed by atoms with E-state index in [0.717, 1.165) is 43.0 Å². The van der Waals surface area contributed by atoms with E-state index in [1.54, 1.807) is 0 Å². The molecule has 0 saturated heterocycles. The van der Waals surface area contributed by atoms with Crippen LogP contribution in [0.5, 0.6) is 5.75 Å². The second-order valence-corrected chi connectivity index (χ2v) is 7.62. The van der Waals surface area contributed by atoms with E-state index in [1.807, 2.05) is 18.4 Å². The first-order valence-electron chi connectivity index (χ1n) is 10.2. The molecule has 168 valence electrons. The Morgan fingerprint density at radius 2 is 2.00 bits per heavy atom. The van der Waals surface area contributed by atoms with Crippen molar-refractivity contribution >= 4 is 23.4 Å². The number of nitro groups is 1. The number of nitriles is 1. The molecule has 1 heterocycles. The maximum absolute atomic E-state index is 12.6. The number of hydrogen-bond acceptors (Lipinski definition) is 7. The zero-order chi connectivity index (χ0) is 23.4. The van der Waals surface area contributed by atoms with Gasteiger partial charge >= 0.3 is 5.97 Å². The number of nitrogens with zero attached hydrogens (tertiary/aromatic N) is 3. The number of hydrogen-bond donors (Lipinski definition) is 1. The molecule has 1 aliphatic carbocycles. The van der Waals surface area contributed by atoms with Gasteiger partial charge in [0.05, 0.1) is 17.6 Å². The Kier molecular flexibility index (Phi) is 6.78. The Balaban J connectivity index is 1.77. The fourth-order valence-corrected chi connectivity index (χ4v) is 4.05. The molecule has 10 nitrogen and oxygen atoms in total. The van der Waals surface area contributed by atoms with E-state index in [2.05, 4.69) is 11.4 Å². The van der Waals surface area contributed by atoms with E-state index in [9.17, 15) is 25.0 Å². The maximum Gasteiger partial charge on any atom is 0.342 e. The number of rotatable bonds is 7. The number of nitro benzene ring substituents is 1. The molecule has 0 bridgehead atoms. The average Bonchev–Trinajstić information content (AvgIpc) is 3.38. The lowest BCUT2D eigenvalue weighted by Crippen LogP contribution is -2.24. The molecule has 1 fully saturated rings. The summed E-state index contributed by atoms with van der Waals surface area (Å²) in [4.78, 5) is 35.4. The van der Waals surface area contributed by atoms with Crippen LogP contribution in [0.3, 0.4) is 0 Å². The summed E-state index contributed by atoms with van der Waals surface area (Å²) in [5, 5.41) is 23.3. The van der Waals surface area contributed by atoms with Crippen LogP contribution in [0.1, 0.15) is 58.9 Å². The predicted molar refractivity (Wildman–Crippen MR) is 115 cm³/mol. The third-order valence-electron chi connectivity index (χ3n) is 5.76. The number of methoxy groups -OCH3 is 1. The Morgan fingerprint density at radius 1 is 1.31 bits per heavy atom. The number of ether oxygens (including phenoxy) is 2. The van der Waals surface area contributed by atoms with E-state index in [1.165, 1.54) is 19.2 Å². The number of benzene rings is 1. The molecule has 3 rings (SSSR count). The minimum atomic E-state index is -0.931. The van der Waals surface area contributed by atoms with Crippen LogP contribution >= 0.6 is 0 Å². The molecular formula is C22H24N4O6. The van der Waals surface area contributed by atoms with Gasteiger partial charge in [0.15, 0.2) is 6.61 Å². The van der Waals surface area contributed by atoms with Gasteiger partial charge in [0.2, 0.25) is 0 Å². The summed E-state index contributed by atoms with van der Waals surface area (Å²) in [6.07, 6.45) is 4.09. The molecule has 0 atom stereocenters. The number of non-ortho nitro benzene ring substituents is 1. The molecule has 1 N–H and O–H groups in total. The van der Waals surface area contributed by atoms with Gasteiger partial charge in [-0.15, -0.1) is 0 Å². The second kappa shape index (κ2) is 9.51. The summed E-state index contributed by atoms with van der Waals surface area (Å²) in [7, 11) is 1.32. The molecule has 10 heteroatoms. The van der Waals surface area contributed by atoms with Gasteiger partial charge in [-0.2, -0.15) is 5.26 Å². The largest absolute Gasteiger partial charge is 0.496 e. The van der Waals surface area contributed by atoms with E-state index >= 15 is 0 Å². The van der Waals surface area contributed by atoms with Gasteiger partial charge in [0, 0.05) is 23.9 Å². The molecule has 2 aromatic rings. The number of esters is 1. The van der Waals surface area contributed by atoms with Gasteiger partial charge in [-0.3, -0.25) is 14.9 Å². The fraction of sp³-hybridized carbons (Fsp3) is 0.409. The summed E-state index contributed by atoms with van der Waals surface area (Å²) in [6, 6.07) is 5.87. The summed E-state index contributed by atoms with van der Waals surface area (Å²) < 4.78 is 12.1. The molecule has 0 radical (unpaired) electrons. The molecule has 0 aliphatic heterocycles. The van der Waals surface area contributed by atoms with E-state index in [4.69, 9.17) is 9.47 Å². The van der Waals surface area contributed by atoms with Crippen LogP contribution in [0.2, 0.25) is 0 Å². The number of amides is 1.